The van der Waals surface area contributed by atoms with Crippen LogP contribution in [0.2, 0.25) is 5.02 Å². The average Bonchev–Trinajstić information content (AvgIpc) is 3.30. The molecule has 0 saturated carbocycles. The Morgan fingerprint density at radius 2 is 1.44 bits per heavy atom. The molecular formula is C23H23ClN4O4. The summed E-state index contributed by atoms with van der Waals surface area (Å²) in [7, 11) is 1.55. The molecule has 0 saturated heterocycles. The third-order valence-corrected chi connectivity index (χ3v) is 5.68. The first-order valence-electron chi connectivity index (χ1n) is 9.98. The Hall–Kier alpha value is -3.65. The van der Waals surface area contributed by atoms with E-state index < -0.39 is 5.92 Å². The van der Waals surface area contributed by atoms with E-state index in [9.17, 15) is 9.59 Å². The molecule has 0 aliphatic heterocycles. The first kappa shape index (κ1) is 21.6. The molecule has 0 unspecified atom stereocenters. The topological polar surface area (TPSA) is 116 Å². The van der Waals surface area contributed by atoms with Crippen molar-refractivity contribution in [3.05, 3.63) is 102 Å². The second-order valence-electron chi connectivity index (χ2n) is 7.49. The van der Waals surface area contributed by atoms with Crippen molar-refractivity contribution in [2.45, 2.75) is 26.4 Å². The van der Waals surface area contributed by atoms with E-state index in [1.54, 1.807) is 45.2 Å². The molecule has 0 radical (unpaired) electrons. The zero-order valence-corrected chi connectivity index (χ0v) is 18.6. The quantitative estimate of drug-likeness (QED) is 0.340. The molecule has 4 N–H and O–H groups in total. The van der Waals surface area contributed by atoms with Crippen molar-refractivity contribution >= 4 is 11.6 Å². The highest BCUT2D eigenvalue weighted by molar-refractivity contribution is 6.30. The highest BCUT2D eigenvalue weighted by Gasteiger charge is 2.28. The van der Waals surface area contributed by atoms with Gasteiger partial charge >= 0.3 is 0 Å². The molecule has 2 heterocycles. The van der Waals surface area contributed by atoms with Crippen molar-refractivity contribution in [3.63, 3.8) is 0 Å². The molecule has 0 amide bonds. The van der Waals surface area contributed by atoms with Crippen molar-refractivity contribution in [2.75, 3.05) is 7.11 Å². The number of hydrogen-bond acceptors (Lipinski definition) is 4. The lowest BCUT2D eigenvalue weighted by Crippen LogP contribution is -2.20. The minimum absolute atomic E-state index is 0.283. The van der Waals surface area contributed by atoms with Crippen LogP contribution < -0.4 is 20.6 Å². The molecule has 166 valence electrons. The number of aryl methyl sites for hydroxylation is 2. The van der Waals surface area contributed by atoms with Crippen LogP contribution in [0, 0.1) is 13.8 Å². The maximum atomic E-state index is 12.6. The Balaban J connectivity index is 1.74. The minimum Gasteiger partial charge on any atom is -0.493 e. The van der Waals surface area contributed by atoms with E-state index in [4.69, 9.17) is 21.1 Å². The lowest BCUT2D eigenvalue weighted by atomic mass is 9.85. The molecule has 8 nitrogen and oxygen atoms in total. The number of hydrogen-bond donors (Lipinski definition) is 4. The summed E-state index contributed by atoms with van der Waals surface area (Å²) >= 11 is 5.94. The van der Waals surface area contributed by atoms with Crippen molar-refractivity contribution in [1.29, 1.82) is 0 Å². The van der Waals surface area contributed by atoms with Crippen LogP contribution in [0.1, 0.15) is 39.6 Å². The van der Waals surface area contributed by atoms with Crippen LogP contribution in [0.5, 0.6) is 11.5 Å². The summed E-state index contributed by atoms with van der Waals surface area (Å²) in [6.45, 7) is 3.91. The predicted octanol–water partition coefficient (Wildman–Crippen LogP) is 3.76. The minimum atomic E-state index is -0.598. The van der Waals surface area contributed by atoms with Crippen LogP contribution >= 0.6 is 11.6 Å². The third-order valence-electron chi connectivity index (χ3n) is 5.43. The van der Waals surface area contributed by atoms with Gasteiger partial charge in [0.05, 0.1) is 18.2 Å². The normalized spacial score (nSPS) is 11.2. The predicted molar refractivity (Wildman–Crippen MR) is 122 cm³/mol. The molecule has 0 atom stereocenters. The fourth-order valence-corrected chi connectivity index (χ4v) is 3.93. The fourth-order valence-electron chi connectivity index (χ4n) is 3.81. The highest BCUT2D eigenvalue weighted by atomic mass is 35.5. The second kappa shape index (κ2) is 8.84. The Labute approximate surface area is 188 Å². The van der Waals surface area contributed by atoms with Crippen molar-refractivity contribution < 1.29 is 9.47 Å². The Bertz CT molecular complexity index is 1290. The standard InChI is InChI=1S/C23H23ClN4O4/c1-12-19(22(29)27-25-12)21(20-13(2)26-28-23(20)30)15-6-9-17(18(10-15)31-3)32-11-14-4-7-16(24)8-5-14/h4-10,21H,11H2,1-3H3,(H2,25,27,29)(H2,26,28,30). The molecule has 0 bridgehead atoms. The molecule has 32 heavy (non-hydrogen) atoms. The van der Waals surface area contributed by atoms with E-state index in [1.807, 2.05) is 18.2 Å². The molecule has 4 aromatic rings. The lowest BCUT2D eigenvalue weighted by molar-refractivity contribution is 0.284. The van der Waals surface area contributed by atoms with Gasteiger partial charge in [0, 0.05) is 22.3 Å². The summed E-state index contributed by atoms with van der Waals surface area (Å²) in [5.74, 6) is 0.444. The number of nitrogens with one attached hydrogen (secondary N) is 4. The van der Waals surface area contributed by atoms with Gasteiger partial charge in [0.25, 0.3) is 11.1 Å². The van der Waals surface area contributed by atoms with Gasteiger partial charge in [-0.3, -0.25) is 19.8 Å². The number of H-pyrrole nitrogens is 4. The molecule has 4 rings (SSSR count). The molecule has 0 spiro atoms. The van der Waals surface area contributed by atoms with Crippen molar-refractivity contribution in [3.8, 4) is 11.5 Å². The largest absolute Gasteiger partial charge is 0.493 e. The zero-order chi connectivity index (χ0) is 22.8. The van der Waals surface area contributed by atoms with Crippen LogP contribution in [-0.4, -0.2) is 27.5 Å². The summed E-state index contributed by atoms with van der Waals surface area (Å²) in [5, 5.41) is 11.6. The first-order chi connectivity index (χ1) is 15.4. The van der Waals surface area contributed by atoms with Crippen molar-refractivity contribution in [1.82, 2.24) is 20.4 Å². The number of halogens is 1. The average molecular weight is 455 g/mol. The van der Waals surface area contributed by atoms with E-state index in [-0.39, 0.29) is 11.1 Å². The molecule has 9 heteroatoms. The number of methoxy groups -OCH3 is 1. The smallest absolute Gasteiger partial charge is 0.268 e. The summed E-state index contributed by atoms with van der Waals surface area (Å²) in [6, 6.07) is 12.8. The van der Waals surface area contributed by atoms with Crippen LogP contribution in [0.25, 0.3) is 0 Å². The fraction of sp³-hybridized carbons (Fsp3) is 0.217. The van der Waals surface area contributed by atoms with Gasteiger partial charge in [-0.15, -0.1) is 0 Å². The molecule has 0 aliphatic rings. The van der Waals surface area contributed by atoms with E-state index in [0.717, 1.165) is 11.1 Å². The summed E-state index contributed by atoms with van der Waals surface area (Å²) in [5.41, 5.74) is 3.36. The Morgan fingerprint density at radius 3 is 1.94 bits per heavy atom. The van der Waals surface area contributed by atoms with Crippen molar-refractivity contribution in [2.24, 2.45) is 0 Å². The maximum absolute atomic E-state index is 12.6. The molecule has 0 aliphatic carbocycles. The SMILES string of the molecule is COc1cc(C(c2c(C)[nH][nH]c2=O)c2c(C)[nH][nH]c2=O)ccc1OCc1ccc(Cl)cc1. The van der Waals surface area contributed by atoms with Gasteiger partial charge in [-0.2, -0.15) is 0 Å². The number of benzene rings is 2. The van der Waals surface area contributed by atoms with E-state index in [0.29, 0.717) is 45.6 Å². The van der Waals surface area contributed by atoms with Gasteiger partial charge in [-0.05, 0) is 49.2 Å². The third kappa shape index (κ3) is 4.09. The highest BCUT2D eigenvalue weighted by Crippen LogP contribution is 2.37. The summed E-state index contributed by atoms with van der Waals surface area (Å²) in [4.78, 5) is 25.2. The van der Waals surface area contributed by atoms with Gasteiger partial charge in [-0.25, -0.2) is 0 Å². The van der Waals surface area contributed by atoms with Gasteiger partial charge in [0.2, 0.25) is 0 Å². The van der Waals surface area contributed by atoms with E-state index in [1.165, 1.54) is 0 Å². The Kier molecular flexibility index (Phi) is 5.96. The van der Waals surface area contributed by atoms with Crippen LogP contribution in [0.4, 0.5) is 0 Å². The molecular weight excluding hydrogens is 432 g/mol. The summed E-state index contributed by atoms with van der Waals surface area (Å²) < 4.78 is 11.5. The maximum Gasteiger partial charge on any atom is 0.268 e. The van der Waals surface area contributed by atoms with Gasteiger partial charge in [0.15, 0.2) is 11.5 Å². The van der Waals surface area contributed by atoms with Crippen LogP contribution in [-0.2, 0) is 6.61 Å². The molecule has 2 aromatic heterocycles. The zero-order valence-electron chi connectivity index (χ0n) is 17.8. The lowest BCUT2D eigenvalue weighted by Gasteiger charge is -2.18. The number of aromatic amines is 4. The van der Waals surface area contributed by atoms with Gasteiger partial charge in [0.1, 0.15) is 6.61 Å². The second-order valence-corrected chi connectivity index (χ2v) is 7.93. The monoisotopic (exact) mass is 454 g/mol. The van der Waals surface area contributed by atoms with E-state index >= 15 is 0 Å². The summed E-state index contributed by atoms with van der Waals surface area (Å²) in [6.07, 6.45) is 0. The molecule has 0 fully saturated rings. The Morgan fingerprint density at radius 1 is 0.844 bits per heavy atom. The first-order valence-corrected chi connectivity index (χ1v) is 10.4. The van der Waals surface area contributed by atoms with Crippen LogP contribution in [0.3, 0.4) is 0 Å². The van der Waals surface area contributed by atoms with Crippen LogP contribution in [0.15, 0.2) is 52.1 Å². The van der Waals surface area contributed by atoms with Gasteiger partial charge < -0.3 is 19.7 Å². The number of ether oxygens (including phenoxy) is 2. The number of aromatic nitrogens is 4. The molecule has 2 aromatic carbocycles. The number of rotatable bonds is 7. The van der Waals surface area contributed by atoms with E-state index in [2.05, 4.69) is 20.4 Å². The van der Waals surface area contributed by atoms with Gasteiger partial charge in [-0.1, -0.05) is 29.8 Å².